The topological polar surface area (TPSA) is 102 Å². The number of fused-ring (bicyclic) bond motifs is 1. The summed E-state index contributed by atoms with van der Waals surface area (Å²) in [5.74, 6) is 0. The van der Waals surface area contributed by atoms with E-state index in [0.717, 1.165) is 5.39 Å². The number of carbonyl (C=O) groups excluding carboxylic acids is 1. The lowest BCUT2D eigenvalue weighted by Gasteiger charge is -2.02. The smallest absolute Gasteiger partial charge is 0.361 e. The van der Waals surface area contributed by atoms with Crippen LogP contribution >= 0.6 is 0 Å². The molecule has 6 nitrogen and oxygen atoms in total. The summed E-state index contributed by atoms with van der Waals surface area (Å²) in [5, 5.41) is 0.859. The van der Waals surface area contributed by atoms with Crippen LogP contribution in [0.2, 0.25) is 0 Å². The molecule has 7 heteroatoms. The summed E-state index contributed by atoms with van der Waals surface area (Å²) in [7, 11) is -4.12. The number of benzene rings is 1. The Kier molecular flexibility index (Phi) is 2.31. The summed E-state index contributed by atoms with van der Waals surface area (Å²) in [5.41, 5.74) is 5.29. The van der Waals surface area contributed by atoms with Gasteiger partial charge in [-0.05, 0) is 23.6 Å². The van der Waals surface area contributed by atoms with Crippen LogP contribution in [-0.2, 0) is 14.3 Å². The summed E-state index contributed by atoms with van der Waals surface area (Å²) in [6, 6.07) is 6.10. The second-order valence-corrected chi connectivity index (χ2v) is 4.63. The van der Waals surface area contributed by atoms with Gasteiger partial charge in [0.2, 0.25) is 0 Å². The van der Waals surface area contributed by atoms with E-state index >= 15 is 0 Å². The maximum absolute atomic E-state index is 11.5. The number of nitrogens with two attached hydrogens (primary N) is 1. The minimum Gasteiger partial charge on any atom is -0.361 e. The summed E-state index contributed by atoms with van der Waals surface area (Å²) in [6.07, 6.45) is 0.322. The van der Waals surface area contributed by atoms with Crippen molar-refractivity contribution in [1.82, 2.24) is 4.98 Å². The Balaban J connectivity index is 2.50. The SMILES string of the molecule is NC(=O)OS(=O)(=O)c1ccc2cc[nH]c2c1. The normalized spacial score (nSPS) is 11.5. The highest BCUT2D eigenvalue weighted by molar-refractivity contribution is 7.87. The van der Waals surface area contributed by atoms with Gasteiger partial charge in [0.25, 0.3) is 0 Å². The molecule has 1 heterocycles. The predicted octanol–water partition coefficient (Wildman–Crippen LogP) is 0.952. The molecule has 0 fully saturated rings. The number of hydrogen-bond acceptors (Lipinski definition) is 4. The fraction of sp³-hybridized carbons (Fsp3) is 0. The molecule has 1 aromatic carbocycles. The molecule has 3 N–H and O–H groups in total. The van der Waals surface area contributed by atoms with E-state index in [1.54, 1.807) is 18.3 Å². The lowest BCUT2D eigenvalue weighted by atomic mass is 10.2. The molecule has 1 aromatic heterocycles. The molecular formula is C9H8N2O4S. The van der Waals surface area contributed by atoms with E-state index in [4.69, 9.17) is 0 Å². The van der Waals surface area contributed by atoms with Gasteiger partial charge in [-0.1, -0.05) is 6.07 Å². The number of nitrogens with one attached hydrogen (secondary N) is 1. The van der Waals surface area contributed by atoms with E-state index in [1.807, 2.05) is 0 Å². The van der Waals surface area contributed by atoms with Gasteiger partial charge >= 0.3 is 16.2 Å². The molecule has 16 heavy (non-hydrogen) atoms. The van der Waals surface area contributed by atoms with Crippen LogP contribution in [0, 0.1) is 0 Å². The molecule has 0 radical (unpaired) electrons. The van der Waals surface area contributed by atoms with Crippen LogP contribution in [-0.4, -0.2) is 19.5 Å². The van der Waals surface area contributed by atoms with Crippen molar-refractivity contribution in [3.05, 3.63) is 30.5 Å². The summed E-state index contributed by atoms with van der Waals surface area (Å²) in [4.78, 5) is 13.1. The van der Waals surface area contributed by atoms with Gasteiger partial charge in [-0.2, -0.15) is 8.42 Å². The molecule has 2 aromatic rings. The number of amides is 1. The third-order valence-corrected chi connectivity index (χ3v) is 3.22. The van der Waals surface area contributed by atoms with Gasteiger partial charge in [-0.3, -0.25) is 0 Å². The minimum absolute atomic E-state index is 0.124. The Morgan fingerprint density at radius 3 is 2.75 bits per heavy atom. The van der Waals surface area contributed by atoms with Crippen molar-refractivity contribution in [2.24, 2.45) is 5.73 Å². The predicted molar refractivity (Wildman–Crippen MR) is 56.2 cm³/mol. The molecule has 1 amide bonds. The van der Waals surface area contributed by atoms with E-state index in [9.17, 15) is 13.2 Å². The van der Waals surface area contributed by atoms with Crippen LogP contribution in [0.25, 0.3) is 10.9 Å². The van der Waals surface area contributed by atoms with Gasteiger partial charge in [0.1, 0.15) is 4.90 Å². The van der Waals surface area contributed by atoms with Gasteiger partial charge in [0.05, 0.1) is 0 Å². The Bertz CT molecular complexity index is 644. The van der Waals surface area contributed by atoms with Crippen molar-refractivity contribution in [1.29, 1.82) is 0 Å². The fourth-order valence-corrected chi connectivity index (χ4v) is 2.15. The van der Waals surface area contributed by atoms with Crippen LogP contribution in [0.3, 0.4) is 0 Å². The van der Waals surface area contributed by atoms with Crippen molar-refractivity contribution >= 4 is 27.1 Å². The van der Waals surface area contributed by atoms with Gasteiger partial charge < -0.3 is 14.9 Å². The fourth-order valence-electron chi connectivity index (χ4n) is 1.34. The van der Waals surface area contributed by atoms with Crippen molar-refractivity contribution in [3.8, 4) is 0 Å². The summed E-state index contributed by atoms with van der Waals surface area (Å²) < 4.78 is 27.0. The maximum Gasteiger partial charge on any atom is 0.420 e. The Morgan fingerprint density at radius 1 is 1.31 bits per heavy atom. The second-order valence-electron chi connectivity index (χ2n) is 3.08. The molecule has 0 saturated heterocycles. The average molecular weight is 240 g/mol. The number of rotatable bonds is 2. The number of hydrogen-bond donors (Lipinski definition) is 2. The lowest BCUT2D eigenvalue weighted by molar-refractivity contribution is 0.212. The largest absolute Gasteiger partial charge is 0.420 e. The zero-order chi connectivity index (χ0) is 11.8. The van der Waals surface area contributed by atoms with Gasteiger partial charge in [0.15, 0.2) is 0 Å². The van der Waals surface area contributed by atoms with Crippen molar-refractivity contribution in [3.63, 3.8) is 0 Å². The number of aromatic nitrogens is 1. The second kappa shape index (κ2) is 3.53. The van der Waals surface area contributed by atoms with Gasteiger partial charge in [-0.15, -0.1) is 0 Å². The molecule has 2 rings (SSSR count). The Morgan fingerprint density at radius 2 is 2.06 bits per heavy atom. The van der Waals surface area contributed by atoms with Crippen molar-refractivity contribution < 1.29 is 17.4 Å². The zero-order valence-electron chi connectivity index (χ0n) is 8.01. The highest BCUT2D eigenvalue weighted by Gasteiger charge is 2.18. The van der Waals surface area contributed by atoms with Crippen LogP contribution in [0.1, 0.15) is 0 Å². The third-order valence-electron chi connectivity index (χ3n) is 2.01. The standard InChI is InChI=1S/C9H8N2O4S/c10-9(12)15-16(13,14)7-2-1-6-3-4-11-8(6)5-7/h1-5,11H,(H2,10,12). The first-order chi connectivity index (χ1) is 7.49. The van der Waals surface area contributed by atoms with E-state index in [0.29, 0.717) is 5.52 Å². The lowest BCUT2D eigenvalue weighted by Crippen LogP contribution is -2.18. The number of H-pyrrole nitrogens is 1. The number of primary amides is 1. The third kappa shape index (κ3) is 1.84. The molecule has 0 spiro atoms. The Hall–Kier alpha value is -2.02. The first-order valence-electron chi connectivity index (χ1n) is 4.30. The zero-order valence-corrected chi connectivity index (χ0v) is 8.82. The van der Waals surface area contributed by atoms with E-state index in [2.05, 4.69) is 14.9 Å². The minimum atomic E-state index is -4.12. The van der Waals surface area contributed by atoms with Gasteiger partial charge in [0, 0.05) is 11.7 Å². The molecule has 0 aliphatic heterocycles. The highest BCUT2D eigenvalue weighted by Crippen LogP contribution is 2.19. The van der Waals surface area contributed by atoms with Gasteiger partial charge in [-0.25, -0.2) is 4.79 Å². The quantitative estimate of drug-likeness (QED) is 0.763. The van der Waals surface area contributed by atoms with E-state index in [-0.39, 0.29) is 4.90 Å². The van der Waals surface area contributed by atoms with Crippen LogP contribution in [0.5, 0.6) is 0 Å². The Labute approximate surface area is 91.1 Å². The van der Waals surface area contributed by atoms with Crippen molar-refractivity contribution in [2.75, 3.05) is 0 Å². The van der Waals surface area contributed by atoms with Crippen molar-refractivity contribution in [2.45, 2.75) is 4.90 Å². The summed E-state index contributed by atoms with van der Waals surface area (Å²) >= 11 is 0. The van der Waals surface area contributed by atoms with Crippen LogP contribution < -0.4 is 5.73 Å². The number of aromatic amines is 1. The molecular weight excluding hydrogens is 232 g/mol. The maximum atomic E-state index is 11.5. The van der Waals surface area contributed by atoms with E-state index in [1.165, 1.54) is 12.1 Å². The molecule has 0 saturated carbocycles. The summed E-state index contributed by atoms with van der Waals surface area (Å²) in [6.45, 7) is 0. The van der Waals surface area contributed by atoms with E-state index < -0.39 is 16.2 Å². The first kappa shape index (κ1) is 10.5. The van der Waals surface area contributed by atoms with Crippen LogP contribution in [0.4, 0.5) is 4.79 Å². The highest BCUT2D eigenvalue weighted by atomic mass is 32.2. The molecule has 0 atom stereocenters. The number of carbonyl (C=O) groups is 1. The molecule has 84 valence electrons. The average Bonchev–Trinajstić information content (AvgIpc) is 2.61. The molecule has 0 bridgehead atoms. The van der Waals surface area contributed by atoms with Crippen LogP contribution in [0.15, 0.2) is 35.4 Å². The monoisotopic (exact) mass is 240 g/mol. The molecule has 0 unspecified atom stereocenters. The molecule has 0 aliphatic rings. The molecule has 0 aliphatic carbocycles. The first-order valence-corrected chi connectivity index (χ1v) is 5.71.